The SMILES string of the molecule is Cc1c(-c2ccc(=O)n(C)n2)c2ccccc2n1CC(=O)O. The number of aromatic nitrogens is 3. The van der Waals surface area contributed by atoms with Crippen molar-refractivity contribution in [1.82, 2.24) is 14.3 Å². The minimum absolute atomic E-state index is 0.113. The average Bonchev–Trinajstić information content (AvgIpc) is 2.75. The highest BCUT2D eigenvalue weighted by atomic mass is 16.4. The second-order valence-corrected chi connectivity index (χ2v) is 5.14. The first-order chi connectivity index (χ1) is 10.5. The minimum atomic E-state index is -0.899. The summed E-state index contributed by atoms with van der Waals surface area (Å²) in [6.07, 6.45) is 0. The van der Waals surface area contributed by atoms with E-state index in [1.54, 1.807) is 17.7 Å². The van der Waals surface area contributed by atoms with Gasteiger partial charge in [0.2, 0.25) is 0 Å². The number of fused-ring (bicyclic) bond motifs is 1. The van der Waals surface area contributed by atoms with E-state index in [9.17, 15) is 9.59 Å². The summed E-state index contributed by atoms with van der Waals surface area (Å²) in [5.74, 6) is -0.899. The molecule has 0 atom stereocenters. The molecule has 0 saturated carbocycles. The Labute approximate surface area is 126 Å². The van der Waals surface area contributed by atoms with E-state index in [0.717, 1.165) is 22.2 Å². The highest BCUT2D eigenvalue weighted by molar-refractivity contribution is 5.97. The molecule has 1 aromatic carbocycles. The van der Waals surface area contributed by atoms with Crippen LogP contribution in [0.25, 0.3) is 22.2 Å². The lowest BCUT2D eigenvalue weighted by Crippen LogP contribution is -2.18. The van der Waals surface area contributed by atoms with E-state index in [-0.39, 0.29) is 12.1 Å². The first-order valence-electron chi connectivity index (χ1n) is 6.83. The molecule has 0 radical (unpaired) electrons. The number of nitrogens with zero attached hydrogens (tertiary/aromatic N) is 3. The zero-order valence-corrected chi connectivity index (χ0v) is 12.3. The number of benzene rings is 1. The number of hydrogen-bond donors (Lipinski definition) is 1. The summed E-state index contributed by atoms with van der Waals surface area (Å²) in [4.78, 5) is 22.6. The summed E-state index contributed by atoms with van der Waals surface area (Å²) < 4.78 is 3.03. The summed E-state index contributed by atoms with van der Waals surface area (Å²) in [5.41, 5.74) is 2.98. The van der Waals surface area contributed by atoms with Crippen LogP contribution in [0.4, 0.5) is 0 Å². The minimum Gasteiger partial charge on any atom is -0.480 e. The summed E-state index contributed by atoms with van der Waals surface area (Å²) >= 11 is 0. The Bertz CT molecular complexity index is 937. The van der Waals surface area contributed by atoms with Gasteiger partial charge >= 0.3 is 5.97 Å². The van der Waals surface area contributed by atoms with Crippen LogP contribution in [0.3, 0.4) is 0 Å². The van der Waals surface area contributed by atoms with Crippen molar-refractivity contribution in [1.29, 1.82) is 0 Å². The molecular formula is C16H15N3O3. The van der Waals surface area contributed by atoms with Gasteiger partial charge in [0.1, 0.15) is 6.54 Å². The van der Waals surface area contributed by atoms with Gasteiger partial charge in [-0.1, -0.05) is 18.2 Å². The third-order valence-electron chi connectivity index (χ3n) is 3.74. The second-order valence-electron chi connectivity index (χ2n) is 5.14. The maximum Gasteiger partial charge on any atom is 0.323 e. The first kappa shape index (κ1) is 14.1. The van der Waals surface area contributed by atoms with Gasteiger partial charge < -0.3 is 9.67 Å². The van der Waals surface area contributed by atoms with Crippen molar-refractivity contribution in [3.63, 3.8) is 0 Å². The van der Waals surface area contributed by atoms with Crippen LogP contribution in [-0.2, 0) is 18.4 Å². The summed E-state index contributed by atoms with van der Waals surface area (Å²) in [6, 6.07) is 10.7. The zero-order valence-electron chi connectivity index (χ0n) is 12.3. The maximum absolute atomic E-state index is 11.5. The molecule has 6 nitrogen and oxygen atoms in total. The van der Waals surface area contributed by atoms with Gasteiger partial charge in [-0.25, -0.2) is 4.68 Å². The van der Waals surface area contributed by atoms with Crippen LogP contribution in [0.2, 0.25) is 0 Å². The Hall–Kier alpha value is -2.89. The third-order valence-corrected chi connectivity index (χ3v) is 3.74. The van der Waals surface area contributed by atoms with Gasteiger partial charge in [-0.2, -0.15) is 5.10 Å². The second kappa shape index (κ2) is 5.14. The van der Waals surface area contributed by atoms with Crippen molar-refractivity contribution in [2.45, 2.75) is 13.5 Å². The number of para-hydroxylation sites is 1. The summed E-state index contributed by atoms with van der Waals surface area (Å²) in [6.45, 7) is 1.75. The lowest BCUT2D eigenvalue weighted by molar-refractivity contribution is -0.137. The predicted molar refractivity (Wildman–Crippen MR) is 82.8 cm³/mol. The summed E-state index contributed by atoms with van der Waals surface area (Å²) in [7, 11) is 1.59. The first-order valence-corrected chi connectivity index (χ1v) is 6.83. The van der Waals surface area contributed by atoms with Gasteiger partial charge in [0.25, 0.3) is 5.56 Å². The van der Waals surface area contributed by atoms with Crippen LogP contribution in [0.5, 0.6) is 0 Å². The smallest absolute Gasteiger partial charge is 0.323 e. The van der Waals surface area contributed by atoms with E-state index >= 15 is 0 Å². The lowest BCUT2D eigenvalue weighted by Gasteiger charge is -2.06. The van der Waals surface area contributed by atoms with Crippen molar-refractivity contribution in [2.24, 2.45) is 7.05 Å². The van der Waals surface area contributed by atoms with E-state index in [1.807, 2.05) is 31.2 Å². The molecule has 2 heterocycles. The molecule has 0 aliphatic rings. The maximum atomic E-state index is 11.5. The van der Waals surface area contributed by atoms with Crippen molar-refractivity contribution < 1.29 is 9.90 Å². The van der Waals surface area contributed by atoms with Gasteiger partial charge in [-0.05, 0) is 19.1 Å². The lowest BCUT2D eigenvalue weighted by atomic mass is 10.1. The number of rotatable bonds is 3. The van der Waals surface area contributed by atoms with Gasteiger partial charge in [0, 0.05) is 35.3 Å². The molecule has 0 aliphatic carbocycles. The number of carboxylic acids is 1. The van der Waals surface area contributed by atoms with Crippen LogP contribution >= 0.6 is 0 Å². The van der Waals surface area contributed by atoms with E-state index in [4.69, 9.17) is 5.11 Å². The summed E-state index contributed by atoms with van der Waals surface area (Å²) in [5, 5.41) is 14.3. The fraction of sp³-hybridized carbons (Fsp3) is 0.188. The molecule has 22 heavy (non-hydrogen) atoms. The van der Waals surface area contributed by atoms with Crippen molar-refractivity contribution >= 4 is 16.9 Å². The van der Waals surface area contributed by atoms with Crippen molar-refractivity contribution in [3.8, 4) is 11.3 Å². The molecule has 0 fully saturated rings. The van der Waals surface area contributed by atoms with Crippen LogP contribution < -0.4 is 5.56 Å². The third kappa shape index (κ3) is 2.18. The van der Waals surface area contributed by atoms with Crippen LogP contribution in [-0.4, -0.2) is 25.4 Å². The molecule has 0 aliphatic heterocycles. The standard InChI is InChI=1S/C16H15N3O3/c1-10-16(12-7-8-14(20)18(2)17-12)11-5-3-4-6-13(11)19(10)9-15(21)22/h3-8H,9H2,1-2H3,(H,21,22). The number of aryl methyl sites for hydroxylation is 1. The number of aliphatic carboxylic acids is 1. The Balaban J connectivity index is 2.33. The fourth-order valence-corrected chi connectivity index (χ4v) is 2.73. The number of carboxylic acid groups (broad SMARTS) is 1. The van der Waals surface area contributed by atoms with Gasteiger partial charge in [0.05, 0.1) is 5.69 Å². The molecule has 0 amide bonds. The molecule has 2 aromatic heterocycles. The fourth-order valence-electron chi connectivity index (χ4n) is 2.73. The Morgan fingerprint density at radius 1 is 1.23 bits per heavy atom. The molecule has 6 heteroatoms. The van der Waals surface area contributed by atoms with E-state index in [2.05, 4.69) is 5.10 Å². The van der Waals surface area contributed by atoms with E-state index < -0.39 is 5.97 Å². The Kier molecular flexibility index (Phi) is 3.29. The van der Waals surface area contributed by atoms with Gasteiger partial charge in [0.15, 0.2) is 0 Å². The highest BCUT2D eigenvalue weighted by Gasteiger charge is 2.18. The number of hydrogen-bond acceptors (Lipinski definition) is 3. The molecule has 0 unspecified atom stereocenters. The molecule has 3 rings (SSSR count). The zero-order chi connectivity index (χ0) is 15.9. The predicted octanol–water partition coefficient (Wildman–Crippen LogP) is 1.80. The van der Waals surface area contributed by atoms with Crippen LogP contribution in [0.1, 0.15) is 5.69 Å². The van der Waals surface area contributed by atoms with Crippen LogP contribution in [0.15, 0.2) is 41.2 Å². The van der Waals surface area contributed by atoms with Crippen molar-refractivity contribution in [2.75, 3.05) is 0 Å². The molecule has 0 spiro atoms. The quantitative estimate of drug-likeness (QED) is 0.799. The topological polar surface area (TPSA) is 77.1 Å². The van der Waals surface area contributed by atoms with Crippen LogP contribution in [0, 0.1) is 6.92 Å². The van der Waals surface area contributed by atoms with Crippen molar-refractivity contribution in [3.05, 3.63) is 52.4 Å². The molecule has 0 bridgehead atoms. The average molecular weight is 297 g/mol. The van der Waals surface area contributed by atoms with Gasteiger partial charge in [-0.15, -0.1) is 0 Å². The molecule has 3 aromatic rings. The Morgan fingerprint density at radius 2 is 1.95 bits per heavy atom. The normalized spacial score (nSPS) is 11.0. The molecule has 0 saturated heterocycles. The largest absolute Gasteiger partial charge is 0.480 e. The van der Waals surface area contributed by atoms with E-state index in [1.165, 1.54) is 10.7 Å². The number of carbonyl (C=O) groups is 1. The van der Waals surface area contributed by atoms with E-state index in [0.29, 0.717) is 5.69 Å². The molecule has 112 valence electrons. The monoisotopic (exact) mass is 297 g/mol. The highest BCUT2D eigenvalue weighted by Crippen LogP contribution is 2.33. The van der Waals surface area contributed by atoms with Gasteiger partial charge in [-0.3, -0.25) is 9.59 Å². The Morgan fingerprint density at radius 3 is 2.64 bits per heavy atom. The molecule has 1 N–H and O–H groups in total. The molecular weight excluding hydrogens is 282 g/mol.